The fourth-order valence-electron chi connectivity index (χ4n) is 3.77. The first-order valence-corrected chi connectivity index (χ1v) is 8.96. The molecule has 0 unspecified atom stereocenters. The van der Waals surface area contributed by atoms with Crippen molar-refractivity contribution in [3.63, 3.8) is 0 Å². The Morgan fingerprint density at radius 2 is 1.46 bits per heavy atom. The molecule has 6 rings (SSSR count). The molecule has 7 heteroatoms. The first kappa shape index (κ1) is 16.7. The average molecular weight is 379 g/mol. The molecule has 0 bridgehead atoms. The van der Waals surface area contributed by atoms with Crippen molar-refractivity contribution >= 4 is 16.7 Å². The lowest BCUT2D eigenvalue weighted by atomic mass is 9.95. The Bertz CT molecular complexity index is 1120. The number of pyridine rings is 1. The molecule has 4 heterocycles. The zero-order valence-corrected chi connectivity index (χ0v) is 15.2. The van der Waals surface area contributed by atoms with Crippen LogP contribution >= 0.6 is 0 Å². The highest BCUT2D eigenvalue weighted by atomic mass is 16.7. The SMILES string of the molecule is CC(=O)[O-].c1c2c(cc3c1OCO3)-c1cc3cc4c(cc3c[n+]1CC2)OCO4. The van der Waals surface area contributed by atoms with Crippen LogP contribution in [0.1, 0.15) is 12.5 Å². The van der Waals surface area contributed by atoms with Gasteiger partial charge in [0.05, 0.1) is 5.56 Å². The van der Waals surface area contributed by atoms with E-state index < -0.39 is 5.97 Å². The molecule has 3 aromatic rings. The second-order valence-corrected chi connectivity index (χ2v) is 6.79. The van der Waals surface area contributed by atoms with E-state index in [4.69, 9.17) is 28.8 Å². The van der Waals surface area contributed by atoms with Crippen LogP contribution in [0.2, 0.25) is 0 Å². The van der Waals surface area contributed by atoms with E-state index in [0.29, 0.717) is 13.6 Å². The van der Waals surface area contributed by atoms with Gasteiger partial charge in [0.2, 0.25) is 19.3 Å². The number of rotatable bonds is 0. The number of benzene rings is 2. The number of ether oxygens (including phenoxy) is 4. The Balaban J connectivity index is 0.000000393. The molecule has 142 valence electrons. The van der Waals surface area contributed by atoms with Gasteiger partial charge in [0.1, 0.15) is 0 Å². The maximum Gasteiger partial charge on any atom is 0.231 e. The third-order valence-corrected chi connectivity index (χ3v) is 4.97. The third-order valence-electron chi connectivity index (χ3n) is 4.97. The van der Waals surface area contributed by atoms with Crippen molar-refractivity contribution < 1.29 is 33.4 Å². The standard InChI is InChI=1S/C19H14NO4.C2H4O2/c1-2-20-8-13-6-18-17(22-9-23-18)5-12(13)3-15(20)14-7-19-16(4-11(1)14)21-10-24-19;1-2(3)4/h3-8H,1-2,9-10H2;1H3,(H,3,4)/q+1;/p-1. The molecule has 0 fully saturated rings. The topological polar surface area (TPSA) is 80.9 Å². The number of aromatic nitrogens is 1. The van der Waals surface area contributed by atoms with Crippen LogP contribution in [-0.2, 0) is 17.8 Å². The third kappa shape index (κ3) is 2.76. The molecule has 0 atom stereocenters. The van der Waals surface area contributed by atoms with Gasteiger partial charge in [0.15, 0.2) is 35.7 Å². The highest BCUT2D eigenvalue weighted by Gasteiger charge is 2.28. The van der Waals surface area contributed by atoms with Crippen LogP contribution in [0.15, 0.2) is 36.5 Å². The summed E-state index contributed by atoms with van der Waals surface area (Å²) in [4.78, 5) is 8.89. The average Bonchev–Trinajstić information content (AvgIpc) is 3.30. The van der Waals surface area contributed by atoms with Gasteiger partial charge in [-0.1, -0.05) is 0 Å². The summed E-state index contributed by atoms with van der Waals surface area (Å²) in [7, 11) is 0. The minimum atomic E-state index is -1.08. The van der Waals surface area contributed by atoms with Gasteiger partial charge < -0.3 is 28.8 Å². The summed E-state index contributed by atoms with van der Waals surface area (Å²) < 4.78 is 24.4. The van der Waals surface area contributed by atoms with E-state index in [2.05, 4.69) is 41.1 Å². The molecule has 2 aromatic carbocycles. The van der Waals surface area contributed by atoms with Gasteiger partial charge in [-0.15, -0.1) is 0 Å². The second-order valence-electron chi connectivity index (χ2n) is 6.79. The normalized spacial score (nSPS) is 14.8. The summed E-state index contributed by atoms with van der Waals surface area (Å²) in [5, 5.41) is 11.2. The molecule has 3 aliphatic rings. The summed E-state index contributed by atoms with van der Waals surface area (Å²) >= 11 is 0. The quantitative estimate of drug-likeness (QED) is 0.552. The van der Waals surface area contributed by atoms with Crippen LogP contribution in [0.4, 0.5) is 0 Å². The highest BCUT2D eigenvalue weighted by Crippen LogP contribution is 2.41. The van der Waals surface area contributed by atoms with Crippen molar-refractivity contribution in [1.29, 1.82) is 0 Å². The van der Waals surface area contributed by atoms with E-state index in [0.717, 1.165) is 53.7 Å². The van der Waals surface area contributed by atoms with Crippen LogP contribution in [-0.4, -0.2) is 19.6 Å². The summed E-state index contributed by atoms with van der Waals surface area (Å²) in [6, 6.07) is 10.5. The van der Waals surface area contributed by atoms with Gasteiger partial charge in [0.25, 0.3) is 0 Å². The van der Waals surface area contributed by atoms with Crippen LogP contribution in [0.5, 0.6) is 23.0 Å². The smallest absolute Gasteiger partial charge is 0.231 e. The van der Waals surface area contributed by atoms with Crippen LogP contribution in [0.25, 0.3) is 22.0 Å². The molecule has 0 amide bonds. The molecule has 0 spiro atoms. The Kier molecular flexibility index (Phi) is 3.75. The molecule has 0 aliphatic carbocycles. The van der Waals surface area contributed by atoms with Gasteiger partial charge in [-0.3, -0.25) is 0 Å². The van der Waals surface area contributed by atoms with Crippen molar-refractivity contribution in [2.45, 2.75) is 19.9 Å². The predicted octanol–water partition coefficient (Wildman–Crippen LogP) is 1.56. The van der Waals surface area contributed by atoms with E-state index in [1.165, 1.54) is 16.8 Å². The number of aryl methyl sites for hydroxylation is 2. The summed E-state index contributed by atoms with van der Waals surface area (Å²) in [6.45, 7) is 2.52. The molecule has 0 radical (unpaired) electrons. The Morgan fingerprint density at radius 3 is 2.14 bits per heavy atom. The molecule has 7 nitrogen and oxygen atoms in total. The van der Waals surface area contributed by atoms with Crippen molar-refractivity contribution in [3.8, 4) is 34.3 Å². The monoisotopic (exact) mass is 379 g/mol. The van der Waals surface area contributed by atoms with E-state index in [1.54, 1.807) is 0 Å². The first-order valence-electron chi connectivity index (χ1n) is 8.96. The van der Waals surface area contributed by atoms with Crippen molar-refractivity contribution in [2.75, 3.05) is 13.6 Å². The fraction of sp³-hybridized carbons (Fsp3) is 0.238. The minimum Gasteiger partial charge on any atom is -0.550 e. The molecule has 0 saturated carbocycles. The number of nitrogens with zero attached hydrogens (tertiary/aromatic N) is 1. The minimum absolute atomic E-state index is 0.296. The van der Waals surface area contributed by atoms with Crippen molar-refractivity contribution in [1.82, 2.24) is 0 Å². The summed E-state index contributed by atoms with van der Waals surface area (Å²) in [6.07, 6.45) is 3.18. The van der Waals surface area contributed by atoms with E-state index in [-0.39, 0.29) is 0 Å². The first-order chi connectivity index (χ1) is 13.6. The zero-order chi connectivity index (χ0) is 19.3. The van der Waals surface area contributed by atoms with E-state index in [1.807, 2.05) is 0 Å². The van der Waals surface area contributed by atoms with Crippen molar-refractivity contribution in [2.24, 2.45) is 0 Å². The Labute approximate surface area is 160 Å². The number of hydrogen-bond acceptors (Lipinski definition) is 6. The lowest BCUT2D eigenvalue weighted by Gasteiger charge is -2.16. The summed E-state index contributed by atoms with van der Waals surface area (Å²) in [5.74, 6) is 2.23. The number of aliphatic carboxylic acids is 1. The highest BCUT2D eigenvalue weighted by molar-refractivity contribution is 5.88. The molecule has 0 saturated heterocycles. The van der Waals surface area contributed by atoms with Crippen LogP contribution in [0.3, 0.4) is 0 Å². The van der Waals surface area contributed by atoms with Crippen molar-refractivity contribution in [3.05, 3.63) is 42.1 Å². The van der Waals surface area contributed by atoms with Crippen LogP contribution < -0.4 is 28.6 Å². The maximum atomic E-state index is 8.89. The maximum absolute atomic E-state index is 8.89. The Hall–Kier alpha value is -3.48. The van der Waals surface area contributed by atoms with Crippen LogP contribution in [0, 0.1) is 0 Å². The number of fused-ring (bicyclic) bond motifs is 6. The Morgan fingerprint density at radius 1 is 0.893 bits per heavy atom. The number of carbonyl (C=O) groups excluding carboxylic acids is 1. The number of carboxylic acids is 1. The lowest BCUT2D eigenvalue weighted by molar-refractivity contribution is -0.686. The predicted molar refractivity (Wildman–Crippen MR) is 96.2 cm³/mol. The van der Waals surface area contributed by atoms with E-state index in [9.17, 15) is 0 Å². The van der Waals surface area contributed by atoms with Gasteiger partial charge >= 0.3 is 0 Å². The largest absolute Gasteiger partial charge is 0.550 e. The van der Waals surface area contributed by atoms with Gasteiger partial charge in [-0.2, -0.15) is 4.57 Å². The number of carbonyl (C=O) groups is 1. The van der Waals surface area contributed by atoms with Gasteiger partial charge in [0, 0.05) is 23.8 Å². The molecule has 0 N–H and O–H groups in total. The molecule has 1 aromatic heterocycles. The second kappa shape index (κ2) is 6.30. The molecular formula is C21H17NO6. The molecule has 28 heavy (non-hydrogen) atoms. The van der Waals surface area contributed by atoms with E-state index >= 15 is 0 Å². The fourth-order valence-corrected chi connectivity index (χ4v) is 3.77. The molecule has 3 aliphatic heterocycles. The number of carboxylic acid groups (broad SMARTS) is 1. The number of hydrogen-bond donors (Lipinski definition) is 0. The zero-order valence-electron chi connectivity index (χ0n) is 15.2. The van der Waals surface area contributed by atoms with Gasteiger partial charge in [-0.25, -0.2) is 0 Å². The molecular weight excluding hydrogens is 362 g/mol. The summed E-state index contributed by atoms with van der Waals surface area (Å²) in [5.41, 5.74) is 3.71. The lowest BCUT2D eigenvalue weighted by Crippen LogP contribution is -2.39. The van der Waals surface area contributed by atoms with Gasteiger partial charge in [-0.05, 0) is 42.1 Å².